The third kappa shape index (κ3) is 4.03. The van der Waals surface area contributed by atoms with Gasteiger partial charge in [-0.05, 0) is 31.6 Å². The van der Waals surface area contributed by atoms with Crippen LogP contribution in [0.5, 0.6) is 5.88 Å². The number of nitrogens with one attached hydrogen (secondary N) is 1. The first kappa shape index (κ1) is 16.9. The highest BCUT2D eigenvalue weighted by molar-refractivity contribution is 7.99. The number of nitrogens with zero attached hydrogens (tertiary/aromatic N) is 2. The molecule has 0 spiro atoms. The molecule has 1 atom stereocenters. The summed E-state index contributed by atoms with van der Waals surface area (Å²) in [5, 5.41) is 10.2. The number of thioether (sulfide) groups is 1. The topological polar surface area (TPSA) is 86.3 Å². The molecule has 1 fully saturated rings. The van der Waals surface area contributed by atoms with Gasteiger partial charge in [-0.3, -0.25) is 9.59 Å². The summed E-state index contributed by atoms with van der Waals surface area (Å²) in [6.45, 7) is 5.44. The molecule has 1 aromatic heterocycles. The molecule has 0 aromatic carbocycles. The van der Waals surface area contributed by atoms with E-state index in [0.29, 0.717) is 10.7 Å². The molecule has 6 nitrogen and oxygen atoms in total. The average molecular weight is 325 g/mol. The lowest BCUT2D eigenvalue weighted by Crippen LogP contribution is -2.36. The van der Waals surface area contributed by atoms with Crippen LogP contribution in [0.4, 0.5) is 0 Å². The number of piperidine rings is 1. The summed E-state index contributed by atoms with van der Waals surface area (Å²) in [6.07, 6.45) is 4.03. The fourth-order valence-electron chi connectivity index (χ4n) is 2.53. The first-order chi connectivity index (χ1) is 10.5. The van der Waals surface area contributed by atoms with Crippen LogP contribution < -0.4 is 5.56 Å². The lowest BCUT2D eigenvalue weighted by Gasteiger charge is -2.26. The molecule has 22 heavy (non-hydrogen) atoms. The van der Waals surface area contributed by atoms with Crippen molar-refractivity contribution in [3.8, 4) is 5.88 Å². The second kappa shape index (κ2) is 7.67. The highest BCUT2D eigenvalue weighted by Crippen LogP contribution is 2.24. The van der Waals surface area contributed by atoms with Gasteiger partial charge in [0.25, 0.3) is 5.56 Å². The number of hydrogen-bond donors (Lipinski definition) is 2. The van der Waals surface area contributed by atoms with Crippen LogP contribution in [0.2, 0.25) is 0 Å². The summed E-state index contributed by atoms with van der Waals surface area (Å²) in [6, 6.07) is 0. The van der Waals surface area contributed by atoms with Crippen LogP contribution in [-0.2, 0) is 4.79 Å². The molecule has 7 heteroatoms. The Morgan fingerprint density at radius 3 is 2.68 bits per heavy atom. The summed E-state index contributed by atoms with van der Waals surface area (Å²) in [7, 11) is 0. The van der Waals surface area contributed by atoms with Crippen LogP contribution in [-0.4, -0.2) is 44.7 Å². The van der Waals surface area contributed by atoms with Crippen LogP contribution in [0.25, 0.3) is 0 Å². The third-order valence-corrected chi connectivity index (χ3v) is 4.92. The number of H-pyrrole nitrogens is 1. The molecule has 1 aliphatic heterocycles. The van der Waals surface area contributed by atoms with Gasteiger partial charge in [0.2, 0.25) is 11.8 Å². The third-order valence-electron chi connectivity index (χ3n) is 4.06. The van der Waals surface area contributed by atoms with Crippen LogP contribution in [0.15, 0.2) is 9.95 Å². The van der Waals surface area contributed by atoms with Crippen molar-refractivity contribution in [1.82, 2.24) is 14.9 Å². The fraction of sp³-hybridized carbons (Fsp3) is 0.667. The Balaban J connectivity index is 2.01. The second-order valence-electron chi connectivity index (χ2n) is 5.65. The number of aromatic nitrogens is 2. The van der Waals surface area contributed by atoms with E-state index in [2.05, 4.69) is 9.97 Å². The number of likely N-dealkylation sites (tertiary alicyclic amines) is 1. The quantitative estimate of drug-likeness (QED) is 0.639. The number of carbonyl (C=O) groups excluding carboxylic acids is 1. The highest BCUT2D eigenvalue weighted by atomic mass is 32.2. The van der Waals surface area contributed by atoms with Gasteiger partial charge in [-0.2, -0.15) is 4.98 Å². The minimum Gasteiger partial charge on any atom is -0.493 e. The molecule has 1 aliphatic rings. The van der Waals surface area contributed by atoms with Gasteiger partial charge in [0.15, 0.2) is 5.16 Å². The number of aromatic hydroxyl groups is 1. The van der Waals surface area contributed by atoms with Gasteiger partial charge < -0.3 is 15.0 Å². The molecule has 0 bridgehead atoms. The molecule has 1 amide bonds. The predicted octanol–water partition coefficient (Wildman–Crippen LogP) is 2.09. The van der Waals surface area contributed by atoms with E-state index in [1.807, 2.05) is 18.7 Å². The zero-order valence-corrected chi connectivity index (χ0v) is 13.9. The van der Waals surface area contributed by atoms with Gasteiger partial charge >= 0.3 is 0 Å². The average Bonchev–Trinajstić information content (AvgIpc) is 2.52. The molecule has 0 saturated carbocycles. The van der Waals surface area contributed by atoms with Crippen molar-refractivity contribution in [3.63, 3.8) is 0 Å². The molecular formula is C15H23N3O3S. The van der Waals surface area contributed by atoms with Gasteiger partial charge in [-0.15, -0.1) is 0 Å². The van der Waals surface area contributed by atoms with Crippen LogP contribution in [0.3, 0.4) is 0 Å². The van der Waals surface area contributed by atoms with E-state index in [-0.39, 0.29) is 29.0 Å². The van der Waals surface area contributed by atoms with Gasteiger partial charge in [0.05, 0.1) is 11.3 Å². The molecule has 0 unspecified atom stereocenters. The van der Waals surface area contributed by atoms with Gasteiger partial charge in [0, 0.05) is 13.1 Å². The van der Waals surface area contributed by atoms with E-state index in [4.69, 9.17) is 0 Å². The Bertz CT molecular complexity index is 582. The highest BCUT2D eigenvalue weighted by Gasteiger charge is 2.19. The van der Waals surface area contributed by atoms with Crippen LogP contribution in [0, 0.1) is 0 Å². The largest absolute Gasteiger partial charge is 0.493 e. The molecule has 0 radical (unpaired) electrons. The van der Waals surface area contributed by atoms with Crippen molar-refractivity contribution in [2.45, 2.75) is 50.6 Å². The Morgan fingerprint density at radius 2 is 2.09 bits per heavy atom. The zero-order chi connectivity index (χ0) is 16.1. The summed E-state index contributed by atoms with van der Waals surface area (Å²) in [5.74, 6) is -0.000403. The molecule has 122 valence electrons. The van der Waals surface area contributed by atoms with E-state index >= 15 is 0 Å². The zero-order valence-electron chi connectivity index (χ0n) is 13.1. The van der Waals surface area contributed by atoms with Crippen molar-refractivity contribution < 1.29 is 9.90 Å². The van der Waals surface area contributed by atoms with Crippen LogP contribution in [0.1, 0.15) is 51.0 Å². The first-order valence-corrected chi connectivity index (χ1v) is 8.75. The lowest BCUT2D eigenvalue weighted by atomic mass is 10.0. The monoisotopic (exact) mass is 325 g/mol. The number of rotatable bonds is 5. The van der Waals surface area contributed by atoms with Crippen molar-refractivity contribution in [2.75, 3.05) is 18.8 Å². The Kier molecular flexibility index (Phi) is 5.88. The van der Waals surface area contributed by atoms with Gasteiger partial charge in [-0.25, -0.2) is 0 Å². The number of aromatic amines is 1. The predicted molar refractivity (Wildman–Crippen MR) is 86.4 cm³/mol. The maximum atomic E-state index is 12.1. The summed E-state index contributed by atoms with van der Waals surface area (Å²) in [5.41, 5.74) is -0.0102. The van der Waals surface area contributed by atoms with Crippen molar-refractivity contribution in [3.05, 3.63) is 15.9 Å². The summed E-state index contributed by atoms with van der Waals surface area (Å²) < 4.78 is 0. The Morgan fingerprint density at radius 1 is 1.41 bits per heavy atom. The lowest BCUT2D eigenvalue weighted by molar-refractivity contribution is -0.129. The molecule has 2 N–H and O–H groups in total. The van der Waals surface area contributed by atoms with Crippen molar-refractivity contribution >= 4 is 17.7 Å². The van der Waals surface area contributed by atoms with E-state index in [1.54, 1.807) is 0 Å². The van der Waals surface area contributed by atoms with E-state index < -0.39 is 0 Å². The normalized spacial score (nSPS) is 16.5. The smallest absolute Gasteiger partial charge is 0.258 e. The molecule has 0 aliphatic carbocycles. The number of amides is 1. The van der Waals surface area contributed by atoms with E-state index in [9.17, 15) is 14.7 Å². The minimum atomic E-state index is -0.324. The molecule has 2 rings (SSSR count). The molecular weight excluding hydrogens is 302 g/mol. The van der Waals surface area contributed by atoms with Crippen LogP contribution >= 0.6 is 11.8 Å². The molecule has 1 saturated heterocycles. The molecule has 2 heterocycles. The Labute approximate surface area is 134 Å². The standard InChI is InChI=1S/C15H23N3O3S/c1-3-10(2)12-13(20)16-15(17-14(12)21)22-9-11(19)18-7-5-4-6-8-18/h10H,3-9H2,1-2H3,(H2,16,17,20,21)/t10-/m1/s1. The minimum absolute atomic E-state index is 0.0507. The second-order valence-corrected chi connectivity index (χ2v) is 6.61. The summed E-state index contributed by atoms with van der Waals surface area (Å²) >= 11 is 1.16. The van der Waals surface area contributed by atoms with Gasteiger partial charge in [-0.1, -0.05) is 25.6 Å². The van der Waals surface area contributed by atoms with Crippen molar-refractivity contribution in [1.29, 1.82) is 0 Å². The SMILES string of the molecule is CC[C@@H](C)c1c(O)nc(SCC(=O)N2CCCCC2)[nH]c1=O. The first-order valence-electron chi connectivity index (χ1n) is 7.76. The summed E-state index contributed by atoms with van der Waals surface area (Å²) in [4.78, 5) is 32.6. The van der Waals surface area contributed by atoms with E-state index in [0.717, 1.165) is 44.1 Å². The van der Waals surface area contributed by atoms with Gasteiger partial charge in [0.1, 0.15) is 0 Å². The molecule has 1 aromatic rings. The fourth-order valence-corrected chi connectivity index (χ4v) is 3.29. The number of carbonyl (C=O) groups is 1. The van der Waals surface area contributed by atoms with E-state index in [1.165, 1.54) is 6.42 Å². The number of hydrogen-bond acceptors (Lipinski definition) is 5. The maximum absolute atomic E-state index is 12.1. The Hall–Kier alpha value is -1.50. The van der Waals surface area contributed by atoms with Crippen molar-refractivity contribution in [2.24, 2.45) is 0 Å². The maximum Gasteiger partial charge on any atom is 0.258 e.